The fourth-order valence-electron chi connectivity index (χ4n) is 6.15. The number of rotatable bonds is 8. The molecule has 4 nitrogen and oxygen atoms in total. The van der Waals surface area contributed by atoms with Crippen LogP contribution in [-0.4, -0.2) is 20.9 Å². The molecular formula is C37H45IrN2O2-. The third-order valence-corrected chi connectivity index (χ3v) is 8.87. The van der Waals surface area contributed by atoms with Crippen LogP contribution in [0.5, 0.6) is 0 Å². The zero-order valence-corrected chi connectivity index (χ0v) is 28.7. The van der Waals surface area contributed by atoms with Gasteiger partial charge < -0.3 is 10.1 Å². The van der Waals surface area contributed by atoms with Gasteiger partial charge in [0, 0.05) is 50.4 Å². The zero-order valence-electron chi connectivity index (χ0n) is 26.3. The topological polar surface area (TPSA) is 63.1 Å². The molecule has 225 valence electrons. The summed E-state index contributed by atoms with van der Waals surface area (Å²) in [6.07, 6.45) is 8.71. The zero-order chi connectivity index (χ0) is 29.9. The van der Waals surface area contributed by atoms with Gasteiger partial charge in [0.1, 0.15) is 0 Å². The van der Waals surface area contributed by atoms with Gasteiger partial charge in [0.25, 0.3) is 0 Å². The third-order valence-electron chi connectivity index (χ3n) is 8.87. The van der Waals surface area contributed by atoms with Crippen molar-refractivity contribution in [3.8, 4) is 11.3 Å². The van der Waals surface area contributed by atoms with Crippen molar-refractivity contribution in [3.63, 3.8) is 0 Å². The van der Waals surface area contributed by atoms with Gasteiger partial charge in [-0.1, -0.05) is 90.6 Å². The maximum absolute atomic E-state index is 11.7. The summed E-state index contributed by atoms with van der Waals surface area (Å²) < 4.78 is 0. The number of nitrogens with zero attached hydrogens (tertiary/aromatic N) is 2. The van der Waals surface area contributed by atoms with E-state index >= 15 is 0 Å². The summed E-state index contributed by atoms with van der Waals surface area (Å²) in [7, 11) is 0. The molecule has 1 N–H and O–H groups in total. The molecule has 0 spiro atoms. The summed E-state index contributed by atoms with van der Waals surface area (Å²) in [6, 6.07) is 16.5. The number of fused-ring (bicyclic) bond motifs is 4. The number of aliphatic hydroxyl groups is 1. The van der Waals surface area contributed by atoms with E-state index in [1.165, 1.54) is 33.5 Å². The molecule has 0 saturated carbocycles. The molecule has 0 amide bonds. The van der Waals surface area contributed by atoms with E-state index in [0.717, 1.165) is 47.8 Å². The monoisotopic (exact) mass is 742 g/mol. The summed E-state index contributed by atoms with van der Waals surface area (Å²) in [5.74, 6) is 1.03. The molecule has 5 rings (SSSR count). The molecule has 2 aromatic heterocycles. The fourth-order valence-corrected chi connectivity index (χ4v) is 6.15. The molecule has 0 fully saturated rings. The van der Waals surface area contributed by atoms with E-state index in [-0.39, 0.29) is 48.9 Å². The van der Waals surface area contributed by atoms with Gasteiger partial charge in [-0.3, -0.25) is 9.78 Å². The number of hydrogen-bond donors (Lipinski definition) is 1. The van der Waals surface area contributed by atoms with Crippen molar-refractivity contribution in [1.82, 2.24) is 9.97 Å². The molecule has 42 heavy (non-hydrogen) atoms. The first kappa shape index (κ1) is 33.6. The van der Waals surface area contributed by atoms with Crippen molar-refractivity contribution in [2.24, 2.45) is 11.8 Å². The van der Waals surface area contributed by atoms with Crippen LogP contribution in [0.25, 0.3) is 32.9 Å². The molecule has 4 aromatic rings. The molecule has 0 aliphatic heterocycles. The number of carbonyl (C=O) groups excluding carboxylic acids is 1. The molecule has 5 heteroatoms. The summed E-state index contributed by atoms with van der Waals surface area (Å²) in [4.78, 5) is 21.2. The Labute approximate surface area is 265 Å². The number of carbonyl (C=O) groups is 1. The molecule has 1 aliphatic rings. The number of pyridine rings is 2. The van der Waals surface area contributed by atoms with Crippen LogP contribution in [0.15, 0.2) is 60.6 Å². The smallest absolute Gasteiger partial charge is 0.162 e. The number of aliphatic hydroxyl groups excluding tert-OH is 1. The molecule has 0 atom stereocenters. The Hall–Kier alpha value is -2.88. The van der Waals surface area contributed by atoms with E-state index in [9.17, 15) is 9.90 Å². The predicted octanol–water partition coefficient (Wildman–Crippen LogP) is 9.88. The minimum atomic E-state index is -0.154. The fraction of sp³-hybridized carbons (Fsp3) is 0.432. The van der Waals surface area contributed by atoms with E-state index in [1.807, 2.05) is 52.2 Å². The van der Waals surface area contributed by atoms with Crippen LogP contribution in [0.3, 0.4) is 0 Å². The Morgan fingerprint density at radius 2 is 1.62 bits per heavy atom. The average molecular weight is 742 g/mol. The first-order valence-electron chi connectivity index (χ1n) is 15.3. The first-order chi connectivity index (χ1) is 19.6. The molecule has 0 bridgehead atoms. The van der Waals surface area contributed by atoms with Crippen molar-refractivity contribution in [2.75, 3.05) is 0 Å². The van der Waals surface area contributed by atoms with Gasteiger partial charge in [-0.05, 0) is 76.2 Å². The largest absolute Gasteiger partial charge is 0.512 e. The number of hydrogen-bond acceptors (Lipinski definition) is 4. The molecule has 2 aromatic carbocycles. The van der Waals surface area contributed by atoms with E-state index < -0.39 is 0 Å². The maximum atomic E-state index is 11.7. The molecule has 1 radical (unpaired) electrons. The van der Waals surface area contributed by atoms with Crippen molar-refractivity contribution < 1.29 is 30.0 Å². The Morgan fingerprint density at radius 1 is 0.952 bits per heavy atom. The van der Waals surface area contributed by atoms with Crippen LogP contribution in [0.2, 0.25) is 0 Å². The third kappa shape index (κ3) is 6.38. The Morgan fingerprint density at radius 3 is 2.24 bits per heavy atom. The SMILES string of the molecule is CC(C)c1cc2c3c(nccc3c1)-c1[c-]cc3cccnc3c1C2(C)C.CCC(CC)C(=O)/C=C(\O)C(CC)CC.[Ir]. The normalized spacial score (nSPS) is 13.6. The van der Waals surface area contributed by atoms with Crippen LogP contribution >= 0.6 is 0 Å². The van der Waals surface area contributed by atoms with Crippen molar-refractivity contribution >= 4 is 27.5 Å². The Kier molecular flexibility index (Phi) is 11.3. The van der Waals surface area contributed by atoms with E-state index in [2.05, 4.69) is 58.0 Å². The maximum Gasteiger partial charge on any atom is 0.162 e. The summed E-state index contributed by atoms with van der Waals surface area (Å²) >= 11 is 0. The quantitative estimate of drug-likeness (QED) is 0.111. The average Bonchev–Trinajstić information content (AvgIpc) is 2.96. The van der Waals surface area contributed by atoms with Crippen molar-refractivity contribution in [1.29, 1.82) is 0 Å². The predicted molar refractivity (Wildman–Crippen MR) is 171 cm³/mol. The second kappa shape index (κ2) is 14.1. The Balaban J connectivity index is 0.000000263. The van der Waals surface area contributed by atoms with Crippen molar-refractivity contribution in [2.45, 2.75) is 92.4 Å². The van der Waals surface area contributed by atoms with Gasteiger partial charge in [-0.2, -0.15) is 0 Å². The van der Waals surface area contributed by atoms with Crippen LogP contribution in [0, 0.1) is 17.9 Å². The standard InChI is InChI=1S/C24H21N2.C13H24O2.Ir/c1-14(2)17-12-16-9-11-26-23-18-8-7-15-6-5-10-25-22(15)21(18)24(3,4)19(13-17)20(16)23;1-5-10(6-2)12(14)9-13(15)11(7-3)8-4;/h5-7,9-14H,1-4H3;9-11,14H,5-8H2,1-4H3;/q-1;;/b;12-9-;. The molecule has 2 heterocycles. The van der Waals surface area contributed by atoms with E-state index in [1.54, 1.807) is 0 Å². The van der Waals surface area contributed by atoms with Gasteiger partial charge in [0.2, 0.25) is 0 Å². The second-order valence-corrected chi connectivity index (χ2v) is 12.1. The van der Waals surface area contributed by atoms with Gasteiger partial charge in [0.15, 0.2) is 5.78 Å². The van der Waals surface area contributed by atoms with Crippen LogP contribution in [0.1, 0.15) is 104 Å². The molecular weight excluding hydrogens is 697 g/mol. The summed E-state index contributed by atoms with van der Waals surface area (Å²) in [5, 5.41) is 13.4. The molecule has 0 saturated heterocycles. The van der Waals surface area contributed by atoms with Crippen LogP contribution in [0.4, 0.5) is 0 Å². The van der Waals surface area contributed by atoms with Gasteiger partial charge in [-0.15, -0.1) is 17.7 Å². The van der Waals surface area contributed by atoms with Crippen LogP contribution in [-0.2, 0) is 30.3 Å². The minimum absolute atomic E-state index is 0. The molecule has 1 aliphatic carbocycles. The van der Waals surface area contributed by atoms with Gasteiger partial charge in [-0.25, -0.2) is 0 Å². The molecule has 0 unspecified atom stereocenters. The van der Waals surface area contributed by atoms with Gasteiger partial charge >= 0.3 is 0 Å². The minimum Gasteiger partial charge on any atom is -0.512 e. The Bertz CT molecular complexity index is 1580. The summed E-state index contributed by atoms with van der Waals surface area (Å²) in [5.41, 5.74) is 7.00. The van der Waals surface area contributed by atoms with Gasteiger partial charge in [0.05, 0.1) is 5.76 Å². The first-order valence-corrected chi connectivity index (χ1v) is 15.3. The number of benzene rings is 2. The number of aromatic nitrogens is 2. The van der Waals surface area contributed by atoms with E-state index in [4.69, 9.17) is 9.97 Å². The van der Waals surface area contributed by atoms with E-state index in [0.29, 0.717) is 5.92 Å². The van der Waals surface area contributed by atoms with Crippen LogP contribution < -0.4 is 0 Å². The second-order valence-electron chi connectivity index (χ2n) is 12.1. The number of allylic oxidation sites excluding steroid dienone is 2. The summed E-state index contributed by atoms with van der Waals surface area (Å²) in [6.45, 7) is 17.2. The number of ketones is 1. The van der Waals surface area contributed by atoms with Crippen molar-refractivity contribution in [3.05, 3.63) is 83.4 Å².